The van der Waals surface area contributed by atoms with E-state index in [1.54, 1.807) is 31.3 Å². The normalized spacial score (nSPS) is 16.7. The average molecular weight is 558 g/mol. The maximum atomic E-state index is 12.3. The van der Waals surface area contributed by atoms with Crippen molar-refractivity contribution < 1.29 is 13.5 Å². The molecule has 0 bridgehead atoms. The number of ether oxygens (including phenoxy) is 1. The molecule has 176 valence electrons. The van der Waals surface area contributed by atoms with E-state index in [-0.39, 0.29) is 29.7 Å². The lowest BCUT2D eigenvalue weighted by Gasteiger charge is -2.24. The van der Waals surface area contributed by atoms with Gasteiger partial charge in [-0.3, -0.25) is 4.99 Å². The van der Waals surface area contributed by atoms with Gasteiger partial charge in [-0.05, 0) is 48.6 Å². The first-order valence-electron chi connectivity index (χ1n) is 10.8. The van der Waals surface area contributed by atoms with E-state index in [1.165, 1.54) is 12.0 Å². The van der Waals surface area contributed by atoms with Crippen LogP contribution in [0, 0.1) is 5.92 Å². The second-order valence-corrected chi connectivity index (χ2v) is 8.00. The summed E-state index contributed by atoms with van der Waals surface area (Å²) >= 11 is 0. The van der Waals surface area contributed by atoms with Gasteiger partial charge in [-0.25, -0.2) is 0 Å². The molecule has 1 fully saturated rings. The zero-order valence-electron chi connectivity index (χ0n) is 18.7. The highest BCUT2D eigenvalue weighted by Gasteiger charge is 2.22. The molecule has 0 spiro atoms. The molecule has 1 N–H and O–H groups in total. The van der Waals surface area contributed by atoms with Crippen LogP contribution < -0.4 is 10.1 Å². The van der Waals surface area contributed by atoms with Crippen molar-refractivity contribution in [1.82, 2.24) is 15.1 Å². The van der Waals surface area contributed by atoms with Crippen molar-refractivity contribution in [3.63, 3.8) is 0 Å². The fourth-order valence-electron chi connectivity index (χ4n) is 3.96. The van der Waals surface area contributed by atoms with E-state index in [9.17, 15) is 8.78 Å². The Bertz CT molecular complexity index is 821. The van der Waals surface area contributed by atoms with Crippen LogP contribution in [0.4, 0.5) is 8.78 Å². The second kappa shape index (κ2) is 13.6. The number of guanidine groups is 1. The number of likely N-dealkylation sites (tertiary alicyclic amines) is 1. The third-order valence-electron chi connectivity index (χ3n) is 5.62. The van der Waals surface area contributed by atoms with Gasteiger partial charge in [0.05, 0.1) is 0 Å². The maximum Gasteiger partial charge on any atom is 0.387 e. The van der Waals surface area contributed by atoms with Crippen LogP contribution in [0.2, 0.25) is 0 Å². The van der Waals surface area contributed by atoms with Gasteiger partial charge in [0.25, 0.3) is 0 Å². The Hall–Kier alpha value is -1.94. The molecule has 0 radical (unpaired) electrons. The van der Waals surface area contributed by atoms with Crippen LogP contribution in [-0.2, 0) is 13.0 Å². The number of hydrogen-bond acceptors (Lipinski definition) is 3. The molecule has 3 rings (SSSR count). The maximum absolute atomic E-state index is 12.3. The third kappa shape index (κ3) is 8.54. The van der Waals surface area contributed by atoms with E-state index in [0.29, 0.717) is 12.5 Å². The zero-order valence-corrected chi connectivity index (χ0v) is 21.0. The van der Waals surface area contributed by atoms with Gasteiger partial charge in [0.2, 0.25) is 0 Å². The molecule has 0 saturated carbocycles. The summed E-state index contributed by atoms with van der Waals surface area (Å²) in [6.45, 7) is 2.05. The highest BCUT2D eigenvalue weighted by atomic mass is 127. The molecule has 0 aromatic heterocycles. The molecule has 1 saturated heterocycles. The first-order chi connectivity index (χ1) is 15.0. The van der Waals surface area contributed by atoms with Crippen LogP contribution in [0.25, 0.3) is 0 Å². The van der Waals surface area contributed by atoms with Crippen LogP contribution >= 0.6 is 24.0 Å². The number of halogens is 3. The zero-order chi connectivity index (χ0) is 22.1. The smallest absolute Gasteiger partial charge is 0.387 e. The van der Waals surface area contributed by atoms with E-state index in [0.717, 1.165) is 44.1 Å². The van der Waals surface area contributed by atoms with Gasteiger partial charge in [0.1, 0.15) is 5.75 Å². The van der Waals surface area contributed by atoms with E-state index in [2.05, 4.69) is 50.3 Å². The van der Waals surface area contributed by atoms with E-state index < -0.39 is 6.61 Å². The minimum Gasteiger partial charge on any atom is -0.435 e. The molecular weight excluding hydrogens is 525 g/mol. The van der Waals surface area contributed by atoms with Crippen LogP contribution in [0.5, 0.6) is 5.75 Å². The first kappa shape index (κ1) is 26.3. The number of nitrogens with one attached hydrogen (secondary N) is 1. The lowest BCUT2D eigenvalue weighted by atomic mass is 10.1. The van der Waals surface area contributed by atoms with Gasteiger partial charge in [-0.1, -0.05) is 42.5 Å². The summed E-state index contributed by atoms with van der Waals surface area (Å²) in [5.74, 6) is 1.60. The van der Waals surface area contributed by atoms with Crippen molar-refractivity contribution in [2.75, 3.05) is 40.3 Å². The number of nitrogens with zero attached hydrogens (tertiary/aromatic N) is 3. The molecule has 5 nitrogen and oxygen atoms in total. The van der Waals surface area contributed by atoms with Gasteiger partial charge in [0.15, 0.2) is 5.96 Å². The molecular formula is C24H33F2IN4O. The van der Waals surface area contributed by atoms with Gasteiger partial charge >= 0.3 is 6.61 Å². The fraction of sp³-hybridized carbons (Fsp3) is 0.458. The predicted octanol–water partition coefficient (Wildman–Crippen LogP) is 4.48. The standard InChI is InChI=1S/C24H32F2N4O.HI/c1-27-24(29(2)17-20-8-10-22(11-9-20)31-23(25)26)28-16-21-13-15-30(18-21)14-12-19-6-4-3-5-7-19;/h3-11,21,23H,12-18H2,1-2H3,(H,27,28);1H. The van der Waals surface area contributed by atoms with Gasteiger partial charge in [-0.15, -0.1) is 24.0 Å². The molecule has 2 aromatic rings. The molecule has 1 aliphatic heterocycles. The summed E-state index contributed by atoms with van der Waals surface area (Å²) in [4.78, 5) is 8.96. The van der Waals surface area contributed by atoms with Crippen molar-refractivity contribution in [1.29, 1.82) is 0 Å². The molecule has 1 aliphatic rings. The van der Waals surface area contributed by atoms with Crippen LogP contribution in [0.15, 0.2) is 59.6 Å². The summed E-state index contributed by atoms with van der Waals surface area (Å²) in [6.07, 6.45) is 2.28. The number of aliphatic imine (C=N–C) groups is 1. The number of alkyl halides is 2. The van der Waals surface area contributed by atoms with Crippen LogP contribution in [0.3, 0.4) is 0 Å². The van der Waals surface area contributed by atoms with E-state index in [4.69, 9.17) is 0 Å². The molecule has 1 heterocycles. The molecule has 2 aromatic carbocycles. The van der Waals surface area contributed by atoms with Gasteiger partial charge < -0.3 is 19.9 Å². The summed E-state index contributed by atoms with van der Waals surface area (Å²) in [7, 11) is 3.75. The van der Waals surface area contributed by atoms with Crippen molar-refractivity contribution in [3.05, 3.63) is 65.7 Å². The summed E-state index contributed by atoms with van der Waals surface area (Å²) in [6, 6.07) is 17.3. The van der Waals surface area contributed by atoms with Crippen LogP contribution in [-0.4, -0.2) is 62.6 Å². The van der Waals surface area contributed by atoms with Crippen molar-refractivity contribution in [2.45, 2.75) is 26.0 Å². The Morgan fingerprint density at radius 3 is 2.53 bits per heavy atom. The van der Waals surface area contributed by atoms with Crippen LogP contribution in [0.1, 0.15) is 17.5 Å². The largest absolute Gasteiger partial charge is 0.435 e. The molecule has 0 aliphatic carbocycles. The summed E-state index contributed by atoms with van der Waals surface area (Å²) in [5, 5.41) is 3.49. The Labute approximate surface area is 206 Å². The molecule has 0 amide bonds. The minimum absolute atomic E-state index is 0. The lowest BCUT2D eigenvalue weighted by Crippen LogP contribution is -2.41. The highest BCUT2D eigenvalue weighted by molar-refractivity contribution is 14.0. The number of hydrogen-bond donors (Lipinski definition) is 1. The molecule has 8 heteroatoms. The topological polar surface area (TPSA) is 40.1 Å². The predicted molar refractivity (Wildman–Crippen MR) is 136 cm³/mol. The van der Waals surface area contributed by atoms with E-state index in [1.807, 2.05) is 11.9 Å². The lowest BCUT2D eigenvalue weighted by molar-refractivity contribution is -0.0498. The van der Waals surface area contributed by atoms with Crippen molar-refractivity contribution in [3.8, 4) is 5.75 Å². The van der Waals surface area contributed by atoms with Gasteiger partial charge in [0, 0.05) is 40.3 Å². The Kier molecular flexibility index (Phi) is 11.2. The Morgan fingerprint density at radius 1 is 1.16 bits per heavy atom. The highest BCUT2D eigenvalue weighted by Crippen LogP contribution is 2.17. The number of benzene rings is 2. The second-order valence-electron chi connectivity index (χ2n) is 8.00. The quantitative estimate of drug-likeness (QED) is 0.280. The van der Waals surface area contributed by atoms with Crippen molar-refractivity contribution >= 4 is 29.9 Å². The average Bonchev–Trinajstić information content (AvgIpc) is 3.22. The molecule has 32 heavy (non-hydrogen) atoms. The van der Waals surface area contributed by atoms with Gasteiger partial charge in [-0.2, -0.15) is 8.78 Å². The third-order valence-corrected chi connectivity index (χ3v) is 5.62. The first-order valence-corrected chi connectivity index (χ1v) is 10.8. The molecule has 1 unspecified atom stereocenters. The SMILES string of the molecule is CN=C(NCC1CCN(CCc2ccccc2)C1)N(C)Cc1ccc(OC(F)F)cc1.I. The fourth-order valence-corrected chi connectivity index (χ4v) is 3.96. The number of rotatable bonds is 9. The summed E-state index contributed by atoms with van der Waals surface area (Å²) < 4.78 is 29.0. The van der Waals surface area contributed by atoms with Crippen molar-refractivity contribution in [2.24, 2.45) is 10.9 Å². The van der Waals surface area contributed by atoms with E-state index >= 15 is 0 Å². The molecule has 1 atom stereocenters. The summed E-state index contributed by atoms with van der Waals surface area (Å²) in [5.41, 5.74) is 2.39. The minimum atomic E-state index is -2.80. The Balaban J connectivity index is 0.00000363. The monoisotopic (exact) mass is 558 g/mol. The Morgan fingerprint density at radius 2 is 1.88 bits per heavy atom.